The molecular weight excluding hydrogens is 758 g/mol. The van der Waals surface area contributed by atoms with Crippen LogP contribution in [0.15, 0.2) is 0 Å². The molecule has 0 aromatic rings. The number of phosphoric ester groups is 2. The van der Waals surface area contributed by atoms with Gasteiger partial charge in [0.15, 0.2) is 0 Å². The van der Waals surface area contributed by atoms with Crippen molar-refractivity contribution in [3.63, 3.8) is 0 Å². The lowest BCUT2D eigenvalue weighted by Gasteiger charge is -2.20. The first kappa shape index (κ1) is 50.0. The van der Waals surface area contributed by atoms with Crippen LogP contribution in [-0.4, -0.2) is 136 Å². The van der Waals surface area contributed by atoms with Crippen molar-refractivity contribution in [2.75, 3.05) is 65.9 Å². The van der Waals surface area contributed by atoms with E-state index in [0.717, 1.165) is 13.8 Å². The molecule has 0 aliphatic rings. The van der Waals surface area contributed by atoms with E-state index in [1.54, 1.807) is 13.8 Å². The molecule has 0 fully saturated rings. The zero-order chi connectivity index (χ0) is 40.5. The molecule has 0 aromatic heterocycles. The zero-order valence-corrected chi connectivity index (χ0v) is 32.4. The van der Waals surface area contributed by atoms with Crippen molar-refractivity contribution < 1.29 is 94.2 Å². The molecule has 6 atom stereocenters. The maximum Gasteiger partial charge on any atom is 0.472 e. The minimum absolute atomic E-state index is 0.131. The fourth-order valence-corrected chi connectivity index (χ4v) is 5.22. The van der Waals surface area contributed by atoms with E-state index in [0.29, 0.717) is 12.8 Å². The van der Waals surface area contributed by atoms with Gasteiger partial charge in [-0.3, -0.25) is 46.9 Å². The van der Waals surface area contributed by atoms with Crippen LogP contribution in [-0.2, 0) is 84.4 Å². The van der Waals surface area contributed by atoms with E-state index in [1.807, 2.05) is 0 Å². The van der Waals surface area contributed by atoms with Gasteiger partial charge in [-0.25, -0.2) is 9.13 Å². The van der Waals surface area contributed by atoms with E-state index < -0.39 is 109 Å². The monoisotopic (exact) mass is 810 g/mol. The van der Waals surface area contributed by atoms with Crippen molar-refractivity contribution >= 4 is 51.3 Å². The second kappa shape index (κ2) is 27.5. The predicted octanol–water partition coefficient (Wildman–Crippen LogP) is 0.456. The van der Waals surface area contributed by atoms with Crippen molar-refractivity contribution in [3.05, 3.63) is 0 Å². The Labute approximate surface area is 307 Å². The van der Waals surface area contributed by atoms with Crippen molar-refractivity contribution in [3.8, 4) is 0 Å². The first-order valence-corrected chi connectivity index (χ1v) is 19.3. The van der Waals surface area contributed by atoms with Crippen LogP contribution in [0, 0.1) is 0 Å². The summed E-state index contributed by atoms with van der Waals surface area (Å²) in [6, 6.07) is 0. The summed E-state index contributed by atoms with van der Waals surface area (Å²) >= 11 is 0. The van der Waals surface area contributed by atoms with Crippen LogP contribution >= 0.6 is 15.6 Å². The van der Waals surface area contributed by atoms with Gasteiger partial charge in [0.2, 0.25) is 11.8 Å². The van der Waals surface area contributed by atoms with Gasteiger partial charge in [0.25, 0.3) is 0 Å². The van der Waals surface area contributed by atoms with Gasteiger partial charge in [0.1, 0.15) is 30.8 Å². The molecule has 308 valence electrons. The summed E-state index contributed by atoms with van der Waals surface area (Å²) in [7, 11) is -9.31. The molecule has 0 saturated heterocycles. The second-order valence-electron chi connectivity index (χ2n) is 11.1. The Balaban J connectivity index is 4.37. The highest BCUT2D eigenvalue weighted by Crippen LogP contribution is 2.43. The van der Waals surface area contributed by atoms with Crippen LogP contribution in [0.5, 0.6) is 0 Å². The molecule has 0 saturated carbocycles. The predicted molar refractivity (Wildman–Crippen MR) is 179 cm³/mol. The van der Waals surface area contributed by atoms with Crippen LogP contribution in [0.4, 0.5) is 0 Å². The second-order valence-corrected chi connectivity index (χ2v) is 14.0. The third-order valence-electron chi connectivity index (χ3n) is 5.87. The molecule has 4 N–H and O–H groups in total. The Morgan fingerprint density at radius 1 is 0.528 bits per heavy atom. The molecule has 53 heavy (non-hydrogen) atoms. The number of amides is 2. The Kier molecular flexibility index (Phi) is 25.9. The number of hydrogen-bond donors (Lipinski definition) is 4. The molecule has 2 amide bonds. The number of rotatable bonds is 30. The van der Waals surface area contributed by atoms with Gasteiger partial charge in [-0.15, -0.1) is 0 Å². The Morgan fingerprint density at radius 2 is 0.868 bits per heavy atom. The molecule has 0 spiro atoms. The normalized spacial score (nSPS) is 15.7. The zero-order valence-electron chi connectivity index (χ0n) is 30.6. The van der Waals surface area contributed by atoms with Gasteiger partial charge in [-0.05, 0) is 13.8 Å². The molecule has 24 heteroatoms. The van der Waals surface area contributed by atoms with Crippen molar-refractivity contribution in [1.82, 2.24) is 10.6 Å². The van der Waals surface area contributed by atoms with Crippen LogP contribution in [0.2, 0.25) is 0 Å². The lowest BCUT2D eigenvalue weighted by Crippen LogP contribution is -2.34. The molecule has 0 aromatic carbocycles. The maximum absolute atomic E-state index is 12.2. The van der Waals surface area contributed by atoms with E-state index in [1.165, 1.54) is 13.8 Å². The number of esters is 4. The number of carbonyl (C=O) groups is 6. The topological polar surface area (TPSA) is 293 Å². The van der Waals surface area contributed by atoms with Crippen molar-refractivity contribution in [2.24, 2.45) is 0 Å². The van der Waals surface area contributed by atoms with Gasteiger partial charge in [0, 0.05) is 53.6 Å². The summed E-state index contributed by atoms with van der Waals surface area (Å²) in [5.41, 5.74) is 0. The van der Waals surface area contributed by atoms with Crippen molar-refractivity contribution in [2.45, 2.75) is 85.2 Å². The Bertz CT molecular complexity index is 1160. The third kappa shape index (κ3) is 31.1. The highest BCUT2D eigenvalue weighted by molar-refractivity contribution is 7.47. The fourth-order valence-electron chi connectivity index (χ4n) is 3.72. The van der Waals surface area contributed by atoms with E-state index in [-0.39, 0.29) is 39.5 Å². The average molecular weight is 811 g/mol. The Morgan fingerprint density at radius 3 is 1.19 bits per heavy atom. The number of carbonyl (C=O) groups excluding carboxylic acids is 6. The van der Waals surface area contributed by atoms with E-state index in [4.69, 9.17) is 46.5 Å². The fraction of sp³-hybridized carbons (Fsp3) is 0.793. The van der Waals surface area contributed by atoms with Gasteiger partial charge >= 0.3 is 39.5 Å². The highest BCUT2D eigenvalue weighted by atomic mass is 31.2. The number of nitrogens with one attached hydrogen (secondary N) is 2. The Hall–Kier alpha value is -3.04. The molecular formula is C29H52N2O20P2. The molecule has 0 aliphatic carbocycles. The van der Waals surface area contributed by atoms with E-state index in [2.05, 4.69) is 10.6 Å². The van der Waals surface area contributed by atoms with Crippen LogP contribution < -0.4 is 10.6 Å². The largest absolute Gasteiger partial charge is 0.472 e. The number of phosphoric acid groups is 2. The van der Waals surface area contributed by atoms with Gasteiger partial charge in [0.05, 0.1) is 52.9 Å². The molecule has 0 radical (unpaired) electrons. The van der Waals surface area contributed by atoms with Gasteiger partial charge in [-0.1, -0.05) is 0 Å². The standard InChI is InChI=1S/C29H52N2O20P2/c1-20(48-22(3)32)7-11-42-16-26(50-24(5)34)18-46-52(38,39)44-13-9-30-28(36)15-29(37)31-10-14-45-53(40,41)47-19-27(51-25(6)35)17-43-12-8-21(2)49-23(4)33/h20-21,26-27H,7-19H2,1-6H3,(H,30,36)(H,31,37)(H,38,39)(H,40,41)/t20-,21-,26+,27+/m1/s1. The quantitative estimate of drug-likeness (QED) is 0.0252. The van der Waals surface area contributed by atoms with Gasteiger partial charge < -0.3 is 48.8 Å². The third-order valence-corrected chi connectivity index (χ3v) is 7.84. The molecule has 22 nitrogen and oxygen atoms in total. The van der Waals surface area contributed by atoms with E-state index >= 15 is 0 Å². The summed E-state index contributed by atoms with van der Waals surface area (Å²) in [4.78, 5) is 88.5. The van der Waals surface area contributed by atoms with E-state index in [9.17, 15) is 47.7 Å². The molecule has 0 rings (SSSR count). The lowest BCUT2D eigenvalue weighted by atomic mass is 10.3. The van der Waals surface area contributed by atoms with Crippen LogP contribution in [0.1, 0.15) is 60.8 Å². The maximum atomic E-state index is 12.2. The summed E-state index contributed by atoms with van der Waals surface area (Å²) in [5.74, 6) is -3.87. The summed E-state index contributed by atoms with van der Waals surface area (Å²) in [6.07, 6.45) is -2.93. The molecule has 0 bridgehead atoms. The average Bonchev–Trinajstić information content (AvgIpc) is 3.02. The smallest absolute Gasteiger partial charge is 0.463 e. The number of hydrogen-bond acceptors (Lipinski definition) is 18. The van der Waals surface area contributed by atoms with Gasteiger partial charge in [-0.2, -0.15) is 0 Å². The molecule has 0 heterocycles. The minimum atomic E-state index is -4.66. The molecule has 0 aliphatic heterocycles. The minimum Gasteiger partial charge on any atom is -0.463 e. The highest BCUT2D eigenvalue weighted by Gasteiger charge is 2.26. The number of ether oxygens (including phenoxy) is 6. The molecule has 2 unspecified atom stereocenters. The summed E-state index contributed by atoms with van der Waals surface area (Å²) in [6.45, 7) is 5.26. The summed E-state index contributed by atoms with van der Waals surface area (Å²) < 4.78 is 74.2. The van der Waals surface area contributed by atoms with Crippen molar-refractivity contribution in [1.29, 1.82) is 0 Å². The van der Waals surface area contributed by atoms with Crippen LogP contribution in [0.3, 0.4) is 0 Å². The van der Waals surface area contributed by atoms with Crippen LogP contribution in [0.25, 0.3) is 0 Å². The first-order chi connectivity index (χ1) is 24.7. The summed E-state index contributed by atoms with van der Waals surface area (Å²) in [5, 5.41) is 4.57. The first-order valence-electron chi connectivity index (χ1n) is 16.3. The SMILES string of the molecule is CC(=O)O[C@@H](COCC[C@@H](C)OC(C)=O)COP(=O)(O)OCCNC(=O)CC(=O)NCCOP(=O)(O)OC[C@H](COCC[C@@H](C)OC(C)=O)OC(C)=O. The lowest BCUT2D eigenvalue weighted by molar-refractivity contribution is -0.153.